The summed E-state index contributed by atoms with van der Waals surface area (Å²) in [4.78, 5) is -0.430. The van der Waals surface area contributed by atoms with Gasteiger partial charge in [-0.15, -0.1) is 0 Å². The first-order valence-corrected chi connectivity index (χ1v) is 13.6. The lowest BCUT2D eigenvalue weighted by molar-refractivity contribution is 0.283. The quantitative estimate of drug-likeness (QED) is 0.315. The van der Waals surface area contributed by atoms with Crippen LogP contribution in [0.5, 0.6) is 5.75 Å². The summed E-state index contributed by atoms with van der Waals surface area (Å²) in [6.45, 7) is 12.7. The summed E-state index contributed by atoms with van der Waals surface area (Å²) in [7, 11) is -4.63. The Morgan fingerprint density at radius 3 is 1.83 bits per heavy atom. The molecule has 0 saturated carbocycles. The minimum atomic E-state index is -4.63. The molecule has 2 unspecified atom stereocenters. The van der Waals surface area contributed by atoms with Crippen LogP contribution in [0, 0.1) is 5.41 Å². The van der Waals surface area contributed by atoms with E-state index in [1.807, 2.05) is 54.6 Å². The lowest BCUT2D eigenvalue weighted by Gasteiger charge is -2.34. The molecule has 0 aliphatic carbocycles. The number of phenolic OH excluding ortho intramolecular Hbond substituents is 1. The average Bonchev–Trinajstić information content (AvgIpc) is 2.76. The van der Waals surface area contributed by atoms with E-state index in [2.05, 4.69) is 53.7 Å². The number of rotatable bonds is 8. The van der Waals surface area contributed by atoms with Gasteiger partial charge in [-0.1, -0.05) is 108 Å². The van der Waals surface area contributed by atoms with Gasteiger partial charge >= 0.3 is 0 Å². The molecule has 0 aromatic heterocycles. The number of phenols is 1. The first-order valence-electron chi connectivity index (χ1n) is 12.1. The van der Waals surface area contributed by atoms with Gasteiger partial charge in [0.05, 0.1) is 0 Å². The van der Waals surface area contributed by atoms with E-state index in [9.17, 15) is 18.1 Å². The number of aromatic hydroxyl groups is 1. The molecular formula is C30H38O4S. The standard InChI is InChI=1S/C30H38O4S/c1-21(22-13-9-7-10-14-22)17-25(23-15-11-8-12-16-23)26-18-24(30(5,6)20-29(2,3)4)19-27(28(26)31)35(32,33)34/h7-16,18-19,21,25,31H,17,20H2,1-6H3,(H,32,33,34). The van der Waals surface area contributed by atoms with Crippen molar-refractivity contribution in [2.45, 2.75) is 76.5 Å². The van der Waals surface area contributed by atoms with E-state index in [1.54, 1.807) is 0 Å². The molecule has 3 rings (SSSR count). The van der Waals surface area contributed by atoms with Gasteiger partial charge in [-0.25, -0.2) is 0 Å². The van der Waals surface area contributed by atoms with Crippen molar-refractivity contribution in [3.05, 3.63) is 95.1 Å². The molecule has 0 bridgehead atoms. The summed E-state index contributed by atoms with van der Waals surface area (Å²) in [5, 5.41) is 11.2. The molecule has 35 heavy (non-hydrogen) atoms. The highest BCUT2D eigenvalue weighted by Gasteiger charge is 2.33. The molecule has 5 heteroatoms. The summed E-state index contributed by atoms with van der Waals surface area (Å²) >= 11 is 0. The van der Waals surface area contributed by atoms with Gasteiger partial charge in [0.1, 0.15) is 10.6 Å². The number of hydrogen-bond donors (Lipinski definition) is 2. The minimum absolute atomic E-state index is 0.000454. The molecule has 4 nitrogen and oxygen atoms in total. The third-order valence-corrected chi connectivity index (χ3v) is 7.54. The molecule has 0 aliphatic heterocycles. The molecule has 0 aliphatic rings. The maximum absolute atomic E-state index is 12.4. The topological polar surface area (TPSA) is 74.6 Å². The van der Waals surface area contributed by atoms with Crippen molar-refractivity contribution in [2.24, 2.45) is 5.41 Å². The van der Waals surface area contributed by atoms with Crippen molar-refractivity contribution in [3.63, 3.8) is 0 Å². The molecule has 0 saturated heterocycles. The molecule has 0 fully saturated rings. The van der Waals surface area contributed by atoms with Crippen LogP contribution in [0.15, 0.2) is 77.7 Å². The Bertz CT molecular complexity index is 1240. The zero-order valence-electron chi connectivity index (χ0n) is 21.6. The fourth-order valence-electron chi connectivity index (χ4n) is 5.31. The second-order valence-corrected chi connectivity index (χ2v) is 12.9. The smallest absolute Gasteiger partial charge is 0.298 e. The van der Waals surface area contributed by atoms with Crippen molar-refractivity contribution >= 4 is 10.1 Å². The predicted octanol–water partition coefficient (Wildman–Crippen LogP) is 7.68. The number of hydrogen-bond acceptors (Lipinski definition) is 3. The highest BCUT2D eigenvalue weighted by atomic mass is 32.2. The highest BCUT2D eigenvalue weighted by molar-refractivity contribution is 7.86. The van der Waals surface area contributed by atoms with E-state index in [4.69, 9.17) is 0 Å². The lowest BCUT2D eigenvalue weighted by Crippen LogP contribution is -2.25. The van der Waals surface area contributed by atoms with Crippen LogP contribution < -0.4 is 0 Å². The normalized spacial score (nSPS) is 14.5. The van der Waals surface area contributed by atoms with Crippen LogP contribution in [0.25, 0.3) is 0 Å². The molecule has 188 valence electrons. The van der Waals surface area contributed by atoms with Crippen LogP contribution in [0.4, 0.5) is 0 Å². The first kappa shape index (κ1) is 27.0. The minimum Gasteiger partial charge on any atom is -0.506 e. The average molecular weight is 495 g/mol. The van der Waals surface area contributed by atoms with Crippen molar-refractivity contribution in [1.29, 1.82) is 0 Å². The Morgan fingerprint density at radius 2 is 1.34 bits per heavy atom. The third-order valence-electron chi connectivity index (χ3n) is 6.67. The fraction of sp³-hybridized carbons (Fsp3) is 0.400. The molecular weight excluding hydrogens is 456 g/mol. The van der Waals surface area contributed by atoms with Crippen LogP contribution >= 0.6 is 0 Å². The predicted molar refractivity (Wildman–Crippen MR) is 143 cm³/mol. The second-order valence-electron chi connectivity index (χ2n) is 11.5. The van der Waals surface area contributed by atoms with Gasteiger partial charge in [-0.2, -0.15) is 8.42 Å². The Balaban J connectivity index is 2.23. The summed E-state index contributed by atoms with van der Waals surface area (Å²) < 4.78 is 34.8. The fourth-order valence-corrected chi connectivity index (χ4v) is 5.95. The molecule has 2 atom stereocenters. The van der Waals surface area contributed by atoms with E-state index < -0.39 is 15.0 Å². The molecule has 0 spiro atoms. The lowest BCUT2D eigenvalue weighted by atomic mass is 9.71. The Labute approximate surface area is 210 Å². The summed E-state index contributed by atoms with van der Waals surface area (Å²) in [5.41, 5.74) is 3.07. The summed E-state index contributed by atoms with van der Waals surface area (Å²) in [6.07, 6.45) is 1.46. The molecule has 0 heterocycles. The first-order chi connectivity index (χ1) is 16.2. The SMILES string of the molecule is CC(CC(c1ccccc1)c1cc(C(C)(C)CC(C)(C)C)cc(S(=O)(=O)O)c1O)c1ccccc1. The van der Waals surface area contributed by atoms with E-state index in [0.29, 0.717) is 12.0 Å². The number of benzene rings is 3. The zero-order valence-corrected chi connectivity index (χ0v) is 22.4. The van der Waals surface area contributed by atoms with Gasteiger partial charge < -0.3 is 5.11 Å². The van der Waals surface area contributed by atoms with Crippen LogP contribution in [-0.2, 0) is 15.5 Å². The van der Waals surface area contributed by atoms with Gasteiger partial charge in [-0.3, -0.25) is 4.55 Å². The highest BCUT2D eigenvalue weighted by Crippen LogP contribution is 2.45. The van der Waals surface area contributed by atoms with Gasteiger partial charge in [-0.05, 0) is 52.3 Å². The van der Waals surface area contributed by atoms with Crippen molar-refractivity contribution in [1.82, 2.24) is 0 Å². The van der Waals surface area contributed by atoms with Crippen LogP contribution in [0.2, 0.25) is 0 Å². The largest absolute Gasteiger partial charge is 0.506 e. The molecule has 3 aromatic rings. The monoisotopic (exact) mass is 494 g/mol. The third kappa shape index (κ3) is 6.74. The Morgan fingerprint density at radius 1 is 0.829 bits per heavy atom. The van der Waals surface area contributed by atoms with Crippen molar-refractivity contribution < 1.29 is 18.1 Å². The van der Waals surface area contributed by atoms with Crippen molar-refractivity contribution in [3.8, 4) is 5.75 Å². The molecule has 0 amide bonds. The van der Waals surface area contributed by atoms with E-state index in [1.165, 1.54) is 11.6 Å². The Kier molecular flexibility index (Phi) is 7.83. The van der Waals surface area contributed by atoms with E-state index in [-0.39, 0.29) is 28.4 Å². The Hall–Kier alpha value is -2.63. The summed E-state index contributed by atoms with van der Waals surface area (Å²) in [6, 6.07) is 23.4. The van der Waals surface area contributed by atoms with Gasteiger partial charge in [0.15, 0.2) is 0 Å². The summed E-state index contributed by atoms with van der Waals surface area (Å²) in [5.74, 6) is -0.490. The van der Waals surface area contributed by atoms with Crippen molar-refractivity contribution in [2.75, 3.05) is 0 Å². The van der Waals surface area contributed by atoms with Crippen LogP contribution in [-0.4, -0.2) is 18.1 Å². The van der Waals surface area contributed by atoms with Gasteiger partial charge in [0.2, 0.25) is 0 Å². The van der Waals surface area contributed by atoms with Crippen LogP contribution in [0.1, 0.15) is 88.5 Å². The maximum atomic E-state index is 12.4. The molecule has 3 aromatic carbocycles. The molecule has 2 N–H and O–H groups in total. The van der Waals surface area contributed by atoms with E-state index in [0.717, 1.165) is 17.5 Å². The van der Waals surface area contributed by atoms with Gasteiger partial charge in [0.25, 0.3) is 10.1 Å². The van der Waals surface area contributed by atoms with Gasteiger partial charge in [0, 0.05) is 11.5 Å². The molecule has 0 radical (unpaired) electrons. The maximum Gasteiger partial charge on any atom is 0.298 e. The van der Waals surface area contributed by atoms with Crippen LogP contribution in [0.3, 0.4) is 0 Å². The van der Waals surface area contributed by atoms with E-state index >= 15 is 0 Å². The second kappa shape index (κ2) is 10.2. The zero-order chi connectivity index (χ0) is 26.0.